The van der Waals surface area contributed by atoms with Crippen molar-refractivity contribution in [2.24, 2.45) is 7.05 Å². The molecule has 0 saturated heterocycles. The molecule has 1 aromatic carbocycles. The molecule has 3 aromatic heterocycles. The van der Waals surface area contributed by atoms with Gasteiger partial charge in [-0.25, -0.2) is 9.97 Å². The Kier molecular flexibility index (Phi) is 1.73. The van der Waals surface area contributed by atoms with E-state index in [-0.39, 0.29) is 0 Å². The van der Waals surface area contributed by atoms with Crippen LogP contribution in [0.25, 0.3) is 32.7 Å². The van der Waals surface area contributed by atoms with Gasteiger partial charge in [0.2, 0.25) is 0 Å². The van der Waals surface area contributed by atoms with Gasteiger partial charge in [0.25, 0.3) is 0 Å². The van der Waals surface area contributed by atoms with Crippen molar-refractivity contribution in [3.8, 4) is 0 Å². The van der Waals surface area contributed by atoms with E-state index < -0.39 is 0 Å². The number of rotatable bonds is 0. The van der Waals surface area contributed by atoms with Crippen LogP contribution in [-0.4, -0.2) is 19.5 Å². The summed E-state index contributed by atoms with van der Waals surface area (Å²) in [7, 11) is 2.03. The molecule has 0 amide bonds. The van der Waals surface area contributed by atoms with Gasteiger partial charge in [-0.15, -0.1) is 0 Å². The van der Waals surface area contributed by atoms with Gasteiger partial charge in [0.1, 0.15) is 6.33 Å². The number of nitrogens with zero attached hydrogens (tertiary/aromatic N) is 4. The third-order valence-electron chi connectivity index (χ3n) is 3.36. The van der Waals surface area contributed by atoms with Gasteiger partial charge in [0.05, 0.1) is 16.6 Å². The van der Waals surface area contributed by atoms with Gasteiger partial charge < -0.3 is 4.57 Å². The van der Waals surface area contributed by atoms with Crippen LogP contribution >= 0.6 is 0 Å². The summed E-state index contributed by atoms with van der Waals surface area (Å²) in [6.45, 7) is 0. The van der Waals surface area contributed by atoms with Crippen molar-refractivity contribution >= 4 is 32.7 Å². The van der Waals surface area contributed by atoms with Crippen LogP contribution in [0.5, 0.6) is 0 Å². The average molecular weight is 234 g/mol. The highest BCUT2D eigenvalue weighted by Gasteiger charge is 2.12. The van der Waals surface area contributed by atoms with Gasteiger partial charge >= 0.3 is 0 Å². The molecule has 0 aliphatic carbocycles. The van der Waals surface area contributed by atoms with E-state index >= 15 is 0 Å². The van der Waals surface area contributed by atoms with Crippen molar-refractivity contribution in [2.75, 3.05) is 0 Å². The summed E-state index contributed by atoms with van der Waals surface area (Å²) >= 11 is 0. The second-order valence-electron chi connectivity index (χ2n) is 4.37. The zero-order valence-electron chi connectivity index (χ0n) is 9.83. The van der Waals surface area contributed by atoms with E-state index in [2.05, 4.69) is 31.7 Å². The lowest BCUT2D eigenvalue weighted by Gasteiger charge is -2.06. The Bertz CT molecular complexity index is 892. The third kappa shape index (κ3) is 1.07. The highest BCUT2D eigenvalue weighted by molar-refractivity contribution is 6.21. The van der Waals surface area contributed by atoms with Crippen molar-refractivity contribution in [2.45, 2.75) is 0 Å². The first-order chi connectivity index (χ1) is 8.86. The monoisotopic (exact) mass is 234 g/mol. The van der Waals surface area contributed by atoms with E-state index in [1.54, 1.807) is 6.33 Å². The molecular formula is C14H10N4. The molecule has 86 valence electrons. The summed E-state index contributed by atoms with van der Waals surface area (Å²) in [5.74, 6) is 0. The highest BCUT2D eigenvalue weighted by atomic mass is 14.9. The molecule has 0 N–H and O–H groups in total. The Labute approximate surface area is 103 Å². The SMILES string of the molecule is Cn1ccc2c3ncccc3c3cncnc3c21. The smallest absolute Gasteiger partial charge is 0.116 e. The summed E-state index contributed by atoms with van der Waals surface area (Å²) in [5.41, 5.74) is 3.10. The maximum absolute atomic E-state index is 4.50. The molecule has 0 atom stereocenters. The Morgan fingerprint density at radius 2 is 1.94 bits per heavy atom. The van der Waals surface area contributed by atoms with E-state index in [1.165, 1.54) is 0 Å². The van der Waals surface area contributed by atoms with Crippen molar-refractivity contribution in [3.05, 3.63) is 43.1 Å². The molecule has 0 aliphatic heterocycles. The zero-order chi connectivity index (χ0) is 12.1. The number of fused-ring (bicyclic) bond motifs is 6. The van der Waals surface area contributed by atoms with Crippen LogP contribution < -0.4 is 0 Å². The molecule has 4 nitrogen and oxygen atoms in total. The maximum Gasteiger partial charge on any atom is 0.116 e. The molecule has 0 bridgehead atoms. The summed E-state index contributed by atoms with van der Waals surface area (Å²) in [6, 6.07) is 6.11. The molecule has 0 spiro atoms. The fraction of sp³-hybridized carbons (Fsp3) is 0.0714. The lowest BCUT2D eigenvalue weighted by atomic mass is 10.1. The second kappa shape index (κ2) is 3.26. The third-order valence-corrected chi connectivity index (χ3v) is 3.36. The van der Waals surface area contributed by atoms with Gasteiger partial charge in [-0.2, -0.15) is 0 Å². The minimum absolute atomic E-state index is 0.980. The predicted molar refractivity (Wildman–Crippen MR) is 71.3 cm³/mol. The lowest BCUT2D eigenvalue weighted by molar-refractivity contribution is 0.971. The standard InChI is InChI=1S/C14H10N4/c1-18-6-4-10-12-9(3-2-5-16-12)11-7-15-8-17-13(11)14(10)18/h2-8H,1H3. The zero-order valence-corrected chi connectivity index (χ0v) is 9.83. The average Bonchev–Trinajstić information content (AvgIpc) is 2.82. The normalized spacial score (nSPS) is 11.6. The Hall–Kier alpha value is -2.49. The maximum atomic E-state index is 4.50. The fourth-order valence-corrected chi connectivity index (χ4v) is 2.57. The summed E-state index contributed by atoms with van der Waals surface area (Å²) in [4.78, 5) is 13.1. The van der Waals surface area contributed by atoms with Crippen LogP contribution in [0.1, 0.15) is 0 Å². The number of aromatic nitrogens is 4. The van der Waals surface area contributed by atoms with E-state index in [1.807, 2.05) is 31.7 Å². The van der Waals surface area contributed by atoms with Gasteiger partial charge in [-0.05, 0) is 12.1 Å². The molecule has 0 radical (unpaired) electrons. The first-order valence-corrected chi connectivity index (χ1v) is 5.78. The molecule has 0 unspecified atom stereocenters. The second-order valence-corrected chi connectivity index (χ2v) is 4.37. The predicted octanol–water partition coefficient (Wildman–Crippen LogP) is 2.67. The first-order valence-electron chi connectivity index (χ1n) is 5.78. The van der Waals surface area contributed by atoms with E-state index in [4.69, 9.17) is 0 Å². The van der Waals surface area contributed by atoms with Crippen LogP contribution in [0.15, 0.2) is 43.1 Å². The number of hydrogen-bond donors (Lipinski definition) is 0. The van der Waals surface area contributed by atoms with Crippen molar-refractivity contribution in [1.29, 1.82) is 0 Å². The summed E-state index contributed by atoms with van der Waals surface area (Å²) in [5, 5.41) is 3.29. The van der Waals surface area contributed by atoms with Gasteiger partial charge in [0.15, 0.2) is 0 Å². The van der Waals surface area contributed by atoms with Crippen molar-refractivity contribution < 1.29 is 0 Å². The topological polar surface area (TPSA) is 43.6 Å². The minimum atomic E-state index is 0.980. The Morgan fingerprint density at radius 3 is 2.89 bits per heavy atom. The van der Waals surface area contributed by atoms with Crippen LogP contribution in [0, 0.1) is 0 Å². The first kappa shape index (κ1) is 9.53. The van der Waals surface area contributed by atoms with Crippen LogP contribution in [0.4, 0.5) is 0 Å². The van der Waals surface area contributed by atoms with Crippen molar-refractivity contribution in [1.82, 2.24) is 19.5 Å². The lowest BCUT2D eigenvalue weighted by Crippen LogP contribution is -1.91. The van der Waals surface area contributed by atoms with Crippen LogP contribution in [0.2, 0.25) is 0 Å². The van der Waals surface area contributed by atoms with Gasteiger partial charge in [-0.3, -0.25) is 4.98 Å². The molecular weight excluding hydrogens is 224 g/mol. The van der Waals surface area contributed by atoms with Crippen molar-refractivity contribution in [3.63, 3.8) is 0 Å². The Balaban J connectivity index is 2.48. The van der Waals surface area contributed by atoms with Gasteiger partial charge in [-0.1, -0.05) is 6.07 Å². The van der Waals surface area contributed by atoms with E-state index in [0.29, 0.717) is 0 Å². The molecule has 0 aliphatic rings. The molecule has 0 saturated carbocycles. The molecule has 4 aromatic rings. The molecule has 3 heterocycles. The van der Waals surface area contributed by atoms with E-state index in [0.717, 1.165) is 32.7 Å². The minimum Gasteiger partial charge on any atom is -0.349 e. The summed E-state index contributed by atoms with van der Waals surface area (Å²) in [6.07, 6.45) is 7.32. The number of benzene rings is 1. The van der Waals surface area contributed by atoms with Gasteiger partial charge in [0, 0.05) is 41.8 Å². The number of pyridine rings is 1. The quantitative estimate of drug-likeness (QED) is 0.439. The fourth-order valence-electron chi connectivity index (χ4n) is 2.57. The molecule has 4 rings (SSSR count). The van der Waals surface area contributed by atoms with Crippen LogP contribution in [-0.2, 0) is 7.05 Å². The van der Waals surface area contributed by atoms with Crippen LogP contribution in [0.3, 0.4) is 0 Å². The molecule has 0 fully saturated rings. The molecule has 4 heteroatoms. The highest BCUT2D eigenvalue weighted by Crippen LogP contribution is 2.32. The molecule has 18 heavy (non-hydrogen) atoms. The summed E-state index contributed by atoms with van der Waals surface area (Å²) < 4.78 is 2.08. The van der Waals surface area contributed by atoms with E-state index in [9.17, 15) is 0 Å². The number of hydrogen-bond acceptors (Lipinski definition) is 3. The largest absolute Gasteiger partial charge is 0.349 e. The number of aryl methyl sites for hydroxylation is 1. The Morgan fingerprint density at radius 1 is 1.00 bits per heavy atom.